The minimum absolute atomic E-state index is 0.852. The lowest BCUT2D eigenvalue weighted by molar-refractivity contribution is 0.0366. The van der Waals surface area contributed by atoms with Crippen molar-refractivity contribution in [3.05, 3.63) is 53.6 Å². The molecule has 3 aromatic rings. The van der Waals surface area contributed by atoms with Crippen molar-refractivity contribution in [1.82, 2.24) is 9.47 Å². The van der Waals surface area contributed by atoms with Crippen LogP contribution in [-0.2, 0) is 24.1 Å². The molecule has 4 heteroatoms. The third-order valence-corrected chi connectivity index (χ3v) is 6.04. The molecule has 0 amide bonds. The van der Waals surface area contributed by atoms with E-state index in [0.717, 1.165) is 58.0 Å². The zero-order chi connectivity index (χ0) is 18.2. The molecule has 0 unspecified atom stereocenters. The lowest BCUT2D eigenvalue weighted by atomic mass is 9.89. The van der Waals surface area contributed by atoms with Gasteiger partial charge in [0.05, 0.1) is 26.0 Å². The summed E-state index contributed by atoms with van der Waals surface area (Å²) in [5.41, 5.74) is 7.08. The second-order valence-electron chi connectivity index (χ2n) is 7.47. The summed E-state index contributed by atoms with van der Waals surface area (Å²) in [5.74, 6) is 0.939. The van der Waals surface area contributed by atoms with E-state index in [0.29, 0.717) is 0 Å². The predicted octanol–water partition coefficient (Wildman–Crippen LogP) is 3.75. The van der Waals surface area contributed by atoms with E-state index in [2.05, 4.69) is 51.9 Å². The third kappa shape index (κ3) is 2.93. The maximum atomic E-state index is 5.52. The molecular formula is C23H26N2O2. The highest BCUT2D eigenvalue weighted by Gasteiger charge is 2.24. The highest BCUT2D eigenvalue weighted by atomic mass is 16.5. The molecule has 1 saturated heterocycles. The maximum Gasteiger partial charge on any atom is 0.119 e. The Balaban J connectivity index is 1.62. The van der Waals surface area contributed by atoms with Gasteiger partial charge in [-0.2, -0.15) is 0 Å². The normalized spacial score (nSPS) is 16.9. The Kier molecular flexibility index (Phi) is 4.38. The summed E-state index contributed by atoms with van der Waals surface area (Å²) in [6.45, 7) is 5.84. The number of ether oxygens (including phenoxy) is 2. The van der Waals surface area contributed by atoms with Gasteiger partial charge in [0.25, 0.3) is 0 Å². The molecule has 140 valence electrons. The largest absolute Gasteiger partial charge is 0.497 e. The molecule has 0 saturated carbocycles. The molecule has 0 spiro atoms. The number of hydrogen-bond acceptors (Lipinski definition) is 3. The van der Waals surface area contributed by atoms with Gasteiger partial charge in [-0.15, -0.1) is 0 Å². The number of morpholine rings is 1. The van der Waals surface area contributed by atoms with Crippen LogP contribution in [0.2, 0.25) is 0 Å². The summed E-state index contributed by atoms with van der Waals surface area (Å²) in [4.78, 5) is 2.51. The molecule has 1 fully saturated rings. The zero-order valence-electron chi connectivity index (χ0n) is 15.9. The molecule has 2 heterocycles. The first kappa shape index (κ1) is 16.8. The van der Waals surface area contributed by atoms with Crippen LogP contribution in [-0.4, -0.2) is 49.4 Å². The second kappa shape index (κ2) is 7.02. The highest BCUT2D eigenvalue weighted by molar-refractivity contribution is 5.94. The number of methoxy groups -OCH3 is 1. The summed E-state index contributed by atoms with van der Waals surface area (Å²) in [5, 5.41) is 1.35. The fourth-order valence-corrected chi connectivity index (χ4v) is 4.62. The fraction of sp³-hybridized carbons (Fsp3) is 0.391. The molecule has 1 aromatic heterocycles. The van der Waals surface area contributed by atoms with Gasteiger partial charge in [-0.1, -0.05) is 24.3 Å². The summed E-state index contributed by atoms with van der Waals surface area (Å²) < 4.78 is 13.6. The first-order chi connectivity index (χ1) is 13.3. The van der Waals surface area contributed by atoms with Crippen LogP contribution in [0.25, 0.3) is 22.2 Å². The Morgan fingerprint density at radius 2 is 1.85 bits per heavy atom. The highest BCUT2D eigenvalue weighted by Crippen LogP contribution is 2.41. The van der Waals surface area contributed by atoms with E-state index < -0.39 is 0 Å². The van der Waals surface area contributed by atoms with E-state index in [9.17, 15) is 0 Å². The molecule has 27 heavy (non-hydrogen) atoms. The molecule has 2 aromatic carbocycles. The van der Waals surface area contributed by atoms with Crippen LogP contribution in [0.5, 0.6) is 5.75 Å². The van der Waals surface area contributed by atoms with Crippen LogP contribution in [0.4, 0.5) is 0 Å². The Bertz CT molecular complexity index is 970. The van der Waals surface area contributed by atoms with E-state index in [1.54, 1.807) is 7.11 Å². The SMILES string of the molecule is COc1ccc2c(c1)c1c(n2CCN2CCOCC2)-c2ccccc2CC1. The van der Waals surface area contributed by atoms with Gasteiger partial charge in [-0.05, 0) is 42.2 Å². The average molecular weight is 362 g/mol. The third-order valence-electron chi connectivity index (χ3n) is 6.04. The quantitative estimate of drug-likeness (QED) is 0.707. The minimum Gasteiger partial charge on any atom is -0.497 e. The number of aromatic nitrogens is 1. The van der Waals surface area contributed by atoms with Crippen molar-refractivity contribution in [2.75, 3.05) is 40.0 Å². The maximum absolute atomic E-state index is 5.52. The fourth-order valence-electron chi connectivity index (χ4n) is 4.62. The summed E-state index contributed by atoms with van der Waals surface area (Å²) in [7, 11) is 1.75. The minimum atomic E-state index is 0.852. The Hall–Kier alpha value is -2.30. The van der Waals surface area contributed by atoms with Gasteiger partial charge in [-0.25, -0.2) is 0 Å². The van der Waals surface area contributed by atoms with Gasteiger partial charge in [0, 0.05) is 42.6 Å². The van der Waals surface area contributed by atoms with Gasteiger partial charge in [0.1, 0.15) is 5.75 Å². The Labute approximate surface area is 160 Å². The van der Waals surface area contributed by atoms with Crippen molar-refractivity contribution in [2.24, 2.45) is 0 Å². The van der Waals surface area contributed by atoms with Gasteiger partial charge >= 0.3 is 0 Å². The molecule has 0 radical (unpaired) electrons. The van der Waals surface area contributed by atoms with Crippen LogP contribution >= 0.6 is 0 Å². The van der Waals surface area contributed by atoms with E-state index in [1.165, 1.54) is 33.3 Å². The van der Waals surface area contributed by atoms with Crippen molar-refractivity contribution in [3.8, 4) is 17.0 Å². The standard InChI is InChI=1S/C23H26N2O2/c1-26-18-7-9-22-21(16-18)20-8-6-17-4-2-3-5-19(17)23(20)25(22)11-10-24-12-14-27-15-13-24/h2-5,7,9,16H,6,8,10-15H2,1H3. The molecule has 2 aliphatic rings. The molecule has 1 aliphatic carbocycles. The van der Waals surface area contributed by atoms with Crippen molar-refractivity contribution < 1.29 is 9.47 Å². The second-order valence-corrected chi connectivity index (χ2v) is 7.47. The summed E-state index contributed by atoms with van der Waals surface area (Å²) in [6, 6.07) is 15.4. The van der Waals surface area contributed by atoms with Gasteiger partial charge in [-0.3, -0.25) is 4.90 Å². The first-order valence-corrected chi connectivity index (χ1v) is 9.92. The first-order valence-electron chi connectivity index (χ1n) is 9.92. The Morgan fingerprint density at radius 1 is 1.00 bits per heavy atom. The zero-order valence-corrected chi connectivity index (χ0v) is 15.9. The van der Waals surface area contributed by atoms with Crippen molar-refractivity contribution in [1.29, 1.82) is 0 Å². The monoisotopic (exact) mass is 362 g/mol. The smallest absolute Gasteiger partial charge is 0.119 e. The number of aryl methyl sites for hydroxylation is 2. The lowest BCUT2D eigenvalue weighted by Crippen LogP contribution is -2.38. The van der Waals surface area contributed by atoms with E-state index >= 15 is 0 Å². The lowest BCUT2D eigenvalue weighted by Gasteiger charge is -2.27. The number of hydrogen-bond donors (Lipinski definition) is 0. The molecule has 0 N–H and O–H groups in total. The molecule has 0 atom stereocenters. The van der Waals surface area contributed by atoms with E-state index in [1.807, 2.05) is 0 Å². The molecule has 5 rings (SSSR count). The molecule has 0 bridgehead atoms. The van der Waals surface area contributed by atoms with Crippen molar-refractivity contribution in [2.45, 2.75) is 19.4 Å². The number of nitrogens with zero attached hydrogens (tertiary/aromatic N) is 2. The van der Waals surface area contributed by atoms with Gasteiger partial charge in [0.15, 0.2) is 0 Å². The summed E-state index contributed by atoms with van der Waals surface area (Å²) in [6.07, 6.45) is 2.21. The van der Waals surface area contributed by atoms with Gasteiger partial charge in [0.2, 0.25) is 0 Å². The molecule has 4 nitrogen and oxygen atoms in total. The number of fused-ring (bicyclic) bond motifs is 5. The average Bonchev–Trinajstić information content (AvgIpc) is 3.06. The van der Waals surface area contributed by atoms with Crippen LogP contribution in [0.15, 0.2) is 42.5 Å². The van der Waals surface area contributed by atoms with E-state index in [-0.39, 0.29) is 0 Å². The van der Waals surface area contributed by atoms with Crippen LogP contribution in [0.1, 0.15) is 11.1 Å². The van der Waals surface area contributed by atoms with Crippen molar-refractivity contribution >= 4 is 10.9 Å². The van der Waals surface area contributed by atoms with Gasteiger partial charge < -0.3 is 14.0 Å². The van der Waals surface area contributed by atoms with Crippen LogP contribution < -0.4 is 4.74 Å². The van der Waals surface area contributed by atoms with Crippen molar-refractivity contribution in [3.63, 3.8) is 0 Å². The van der Waals surface area contributed by atoms with Crippen LogP contribution in [0, 0.1) is 0 Å². The van der Waals surface area contributed by atoms with Crippen LogP contribution in [0.3, 0.4) is 0 Å². The Morgan fingerprint density at radius 3 is 2.70 bits per heavy atom. The molecule has 1 aliphatic heterocycles. The van der Waals surface area contributed by atoms with E-state index in [4.69, 9.17) is 9.47 Å². The topological polar surface area (TPSA) is 26.6 Å². The summed E-state index contributed by atoms with van der Waals surface area (Å²) >= 11 is 0. The number of rotatable bonds is 4. The predicted molar refractivity (Wildman–Crippen MR) is 109 cm³/mol. The molecular weight excluding hydrogens is 336 g/mol. The number of benzene rings is 2.